The number of amides is 1. The van der Waals surface area contributed by atoms with Crippen molar-refractivity contribution in [3.05, 3.63) is 59.4 Å². The molecule has 0 aliphatic carbocycles. The number of likely N-dealkylation sites (N-methyl/N-ethyl adjacent to an activating group) is 2. The van der Waals surface area contributed by atoms with E-state index in [9.17, 15) is 9.18 Å². The summed E-state index contributed by atoms with van der Waals surface area (Å²) < 4.78 is 24.4. The molecule has 2 aromatic carbocycles. The second-order valence-corrected chi connectivity index (χ2v) is 6.49. The first-order valence-electron chi connectivity index (χ1n) is 8.84. The van der Waals surface area contributed by atoms with E-state index in [-0.39, 0.29) is 11.7 Å². The zero-order valence-corrected chi connectivity index (χ0v) is 16.5. The van der Waals surface area contributed by atoms with Gasteiger partial charge in [0.05, 0.1) is 13.7 Å². The Bertz CT molecular complexity index is 763. The summed E-state index contributed by atoms with van der Waals surface area (Å²) in [6, 6.07) is 11.1. The van der Waals surface area contributed by atoms with E-state index in [0.717, 1.165) is 11.1 Å². The highest BCUT2D eigenvalue weighted by atomic mass is 19.1. The molecule has 146 valence electrons. The number of rotatable bonds is 8. The normalized spacial score (nSPS) is 12.0. The van der Waals surface area contributed by atoms with Crippen LogP contribution in [0.25, 0.3) is 0 Å². The lowest BCUT2D eigenvalue weighted by Crippen LogP contribution is -2.38. The first kappa shape index (κ1) is 20.7. The lowest BCUT2D eigenvalue weighted by molar-refractivity contribution is -0.135. The van der Waals surface area contributed by atoms with E-state index in [0.29, 0.717) is 24.7 Å². The van der Waals surface area contributed by atoms with Crippen LogP contribution in [0.15, 0.2) is 42.5 Å². The van der Waals surface area contributed by atoms with Crippen LogP contribution in [0.4, 0.5) is 4.39 Å². The van der Waals surface area contributed by atoms with Crippen LogP contribution >= 0.6 is 0 Å². The number of ether oxygens (including phenoxy) is 2. The largest absolute Gasteiger partial charge is 0.493 e. The second-order valence-electron chi connectivity index (χ2n) is 6.49. The van der Waals surface area contributed by atoms with Crippen molar-refractivity contribution in [1.82, 2.24) is 9.80 Å². The number of halogens is 1. The molecular weight excluding hydrogens is 347 g/mol. The molecule has 0 N–H and O–H groups in total. The highest BCUT2D eigenvalue weighted by Crippen LogP contribution is 2.32. The van der Waals surface area contributed by atoms with Crippen molar-refractivity contribution < 1.29 is 18.7 Å². The van der Waals surface area contributed by atoms with Gasteiger partial charge in [0, 0.05) is 19.2 Å². The Morgan fingerprint density at radius 3 is 2.33 bits per heavy atom. The average molecular weight is 374 g/mol. The standard InChI is InChI=1S/C21H27FN2O3/c1-6-27-20-16(8-7-9-18(20)26-5)14-24(4)21(25)19(23(2)3)15-10-12-17(22)13-11-15/h7-13,19H,6,14H2,1-5H3. The monoisotopic (exact) mass is 374 g/mol. The van der Waals surface area contributed by atoms with E-state index < -0.39 is 6.04 Å². The van der Waals surface area contributed by atoms with Crippen molar-refractivity contribution in [3.8, 4) is 11.5 Å². The zero-order chi connectivity index (χ0) is 20.0. The number of benzene rings is 2. The first-order valence-corrected chi connectivity index (χ1v) is 8.84. The highest BCUT2D eigenvalue weighted by molar-refractivity contribution is 5.83. The van der Waals surface area contributed by atoms with Gasteiger partial charge >= 0.3 is 0 Å². The molecule has 6 heteroatoms. The third-order valence-corrected chi connectivity index (χ3v) is 4.29. The van der Waals surface area contributed by atoms with Gasteiger partial charge in [-0.15, -0.1) is 0 Å². The molecule has 0 saturated heterocycles. The summed E-state index contributed by atoms with van der Waals surface area (Å²) >= 11 is 0. The fourth-order valence-corrected chi connectivity index (χ4v) is 3.00. The molecule has 0 spiro atoms. The number of methoxy groups -OCH3 is 1. The third kappa shape index (κ3) is 4.98. The van der Waals surface area contributed by atoms with E-state index >= 15 is 0 Å². The molecule has 0 radical (unpaired) electrons. The lowest BCUT2D eigenvalue weighted by atomic mass is 10.0. The third-order valence-electron chi connectivity index (χ3n) is 4.29. The Morgan fingerprint density at radius 1 is 1.11 bits per heavy atom. The molecule has 0 aromatic heterocycles. The summed E-state index contributed by atoms with van der Waals surface area (Å²) in [5.74, 6) is 0.870. The Hall–Kier alpha value is -2.60. The number of carbonyl (C=O) groups excluding carboxylic acids is 1. The van der Waals surface area contributed by atoms with Crippen molar-refractivity contribution in [3.63, 3.8) is 0 Å². The van der Waals surface area contributed by atoms with E-state index in [1.54, 1.807) is 31.2 Å². The highest BCUT2D eigenvalue weighted by Gasteiger charge is 2.27. The van der Waals surface area contributed by atoms with Crippen molar-refractivity contribution in [2.24, 2.45) is 0 Å². The molecule has 27 heavy (non-hydrogen) atoms. The minimum Gasteiger partial charge on any atom is -0.493 e. The minimum absolute atomic E-state index is 0.0862. The Kier molecular flexibility index (Phi) is 7.19. The van der Waals surface area contributed by atoms with Crippen molar-refractivity contribution in [2.45, 2.75) is 19.5 Å². The molecule has 0 aliphatic rings. The van der Waals surface area contributed by atoms with Gasteiger partial charge in [-0.1, -0.05) is 24.3 Å². The maximum absolute atomic E-state index is 13.3. The maximum Gasteiger partial charge on any atom is 0.244 e. The van der Waals surface area contributed by atoms with Gasteiger partial charge in [-0.05, 0) is 44.8 Å². The van der Waals surface area contributed by atoms with Gasteiger partial charge in [-0.25, -0.2) is 4.39 Å². The molecule has 2 rings (SSSR count). The fourth-order valence-electron chi connectivity index (χ4n) is 3.00. The molecule has 0 heterocycles. The van der Waals surface area contributed by atoms with Gasteiger partial charge in [0.2, 0.25) is 5.91 Å². The number of hydrogen-bond acceptors (Lipinski definition) is 4. The molecule has 0 aliphatic heterocycles. The molecular formula is C21H27FN2O3. The summed E-state index contributed by atoms with van der Waals surface area (Å²) in [7, 11) is 7.00. The predicted octanol–water partition coefficient (Wildman–Crippen LogP) is 3.49. The number of hydrogen-bond donors (Lipinski definition) is 0. The number of para-hydroxylation sites is 1. The summed E-state index contributed by atoms with van der Waals surface area (Å²) in [5.41, 5.74) is 1.61. The maximum atomic E-state index is 13.3. The summed E-state index contributed by atoms with van der Waals surface area (Å²) in [4.78, 5) is 16.6. The topological polar surface area (TPSA) is 42.0 Å². The van der Waals surface area contributed by atoms with Crippen LogP contribution in [0.2, 0.25) is 0 Å². The second kappa shape index (κ2) is 9.37. The van der Waals surface area contributed by atoms with Crippen LogP contribution in [0.5, 0.6) is 11.5 Å². The van der Waals surface area contributed by atoms with Crippen LogP contribution < -0.4 is 9.47 Å². The Morgan fingerprint density at radius 2 is 1.78 bits per heavy atom. The van der Waals surface area contributed by atoms with Gasteiger partial charge in [-0.3, -0.25) is 9.69 Å². The van der Waals surface area contributed by atoms with Crippen molar-refractivity contribution >= 4 is 5.91 Å². The Balaban J connectivity index is 2.27. The van der Waals surface area contributed by atoms with E-state index in [4.69, 9.17) is 9.47 Å². The SMILES string of the molecule is CCOc1c(CN(C)C(=O)C(c2ccc(F)cc2)N(C)C)cccc1OC. The molecule has 5 nitrogen and oxygen atoms in total. The number of carbonyl (C=O) groups is 1. The molecule has 0 saturated carbocycles. The Labute approximate surface area is 160 Å². The first-order chi connectivity index (χ1) is 12.9. The van der Waals surface area contributed by atoms with Crippen molar-refractivity contribution in [2.75, 3.05) is 34.9 Å². The summed E-state index contributed by atoms with van der Waals surface area (Å²) in [6.45, 7) is 2.78. The van der Waals surface area contributed by atoms with Gasteiger partial charge in [0.15, 0.2) is 11.5 Å². The quantitative estimate of drug-likeness (QED) is 0.709. The zero-order valence-electron chi connectivity index (χ0n) is 16.5. The minimum atomic E-state index is -0.503. The smallest absolute Gasteiger partial charge is 0.244 e. The van der Waals surface area contributed by atoms with Crippen molar-refractivity contribution in [1.29, 1.82) is 0 Å². The average Bonchev–Trinajstić information content (AvgIpc) is 2.64. The molecule has 0 fully saturated rings. The van der Waals surface area contributed by atoms with Crippen LogP contribution in [-0.2, 0) is 11.3 Å². The predicted molar refractivity (Wildman–Crippen MR) is 103 cm³/mol. The van der Waals surface area contributed by atoms with Crippen LogP contribution in [0, 0.1) is 5.82 Å². The van der Waals surface area contributed by atoms with Crippen LogP contribution in [0.3, 0.4) is 0 Å². The fraction of sp³-hybridized carbons (Fsp3) is 0.381. The van der Waals surface area contributed by atoms with Crippen LogP contribution in [-0.4, -0.2) is 50.6 Å². The summed E-state index contributed by atoms with van der Waals surface area (Å²) in [6.07, 6.45) is 0. The van der Waals surface area contributed by atoms with Crippen LogP contribution in [0.1, 0.15) is 24.1 Å². The lowest BCUT2D eigenvalue weighted by Gasteiger charge is -2.29. The van der Waals surface area contributed by atoms with Gasteiger partial charge in [0.25, 0.3) is 0 Å². The molecule has 1 atom stereocenters. The van der Waals surface area contributed by atoms with Gasteiger partial charge in [-0.2, -0.15) is 0 Å². The molecule has 1 unspecified atom stereocenters. The molecule has 2 aromatic rings. The van der Waals surface area contributed by atoms with E-state index in [2.05, 4.69) is 0 Å². The summed E-state index contributed by atoms with van der Waals surface area (Å²) in [5, 5.41) is 0. The van der Waals surface area contributed by atoms with Gasteiger partial charge < -0.3 is 14.4 Å². The van der Waals surface area contributed by atoms with E-state index in [1.165, 1.54) is 12.1 Å². The van der Waals surface area contributed by atoms with Gasteiger partial charge in [0.1, 0.15) is 11.9 Å². The molecule has 0 bridgehead atoms. The van der Waals surface area contributed by atoms with E-state index in [1.807, 2.05) is 44.1 Å². The molecule has 1 amide bonds. The number of nitrogens with zero attached hydrogens (tertiary/aromatic N) is 2.